The van der Waals surface area contributed by atoms with Crippen molar-refractivity contribution in [3.63, 3.8) is 0 Å². The molecule has 17 heavy (non-hydrogen) atoms. The Morgan fingerprint density at radius 2 is 1.94 bits per heavy atom. The van der Waals surface area contributed by atoms with E-state index in [-0.39, 0.29) is 11.4 Å². The summed E-state index contributed by atoms with van der Waals surface area (Å²) in [6.45, 7) is 1.46. The summed E-state index contributed by atoms with van der Waals surface area (Å²) in [7, 11) is 1.98. The Morgan fingerprint density at radius 3 is 2.53 bits per heavy atom. The smallest absolute Gasteiger partial charge is 0.221 e. The molecule has 0 bridgehead atoms. The van der Waals surface area contributed by atoms with E-state index in [0.29, 0.717) is 13.0 Å². The summed E-state index contributed by atoms with van der Waals surface area (Å²) in [4.78, 5) is 11.9. The molecule has 0 aromatic rings. The van der Waals surface area contributed by atoms with E-state index in [1.54, 1.807) is 0 Å². The monoisotopic (exact) mass is 241 g/mol. The second-order valence-electron chi connectivity index (χ2n) is 5.11. The van der Waals surface area contributed by atoms with Gasteiger partial charge in [-0.3, -0.25) is 4.79 Å². The number of carbonyl (C=O) groups excluding carboxylic acids is 1. The molecular weight excluding hydrogens is 214 g/mol. The van der Waals surface area contributed by atoms with Crippen molar-refractivity contribution >= 4 is 5.91 Å². The third-order valence-corrected chi connectivity index (χ3v) is 3.79. The highest BCUT2D eigenvalue weighted by molar-refractivity contribution is 5.77. The van der Waals surface area contributed by atoms with E-state index in [1.165, 1.54) is 19.3 Å². The molecule has 100 valence electrons. The second kappa shape index (κ2) is 7.67. The van der Waals surface area contributed by atoms with E-state index in [0.717, 1.165) is 32.2 Å². The van der Waals surface area contributed by atoms with Gasteiger partial charge in [0.05, 0.1) is 0 Å². The van der Waals surface area contributed by atoms with Crippen molar-refractivity contribution < 1.29 is 4.79 Å². The quantitative estimate of drug-likeness (QED) is 0.586. The van der Waals surface area contributed by atoms with Crippen molar-refractivity contribution in [2.24, 2.45) is 5.73 Å². The van der Waals surface area contributed by atoms with E-state index < -0.39 is 0 Å². The lowest BCUT2D eigenvalue weighted by molar-refractivity contribution is -0.122. The van der Waals surface area contributed by atoms with Gasteiger partial charge in [0.15, 0.2) is 0 Å². The van der Waals surface area contributed by atoms with Crippen molar-refractivity contribution in [1.29, 1.82) is 0 Å². The molecule has 4 N–H and O–H groups in total. The van der Waals surface area contributed by atoms with Crippen LogP contribution in [0.5, 0.6) is 0 Å². The van der Waals surface area contributed by atoms with Gasteiger partial charge in [0.1, 0.15) is 0 Å². The fourth-order valence-electron chi connectivity index (χ4n) is 2.61. The van der Waals surface area contributed by atoms with Crippen LogP contribution in [0.3, 0.4) is 0 Å². The Morgan fingerprint density at radius 1 is 1.24 bits per heavy atom. The largest absolute Gasteiger partial charge is 0.356 e. The maximum atomic E-state index is 11.9. The first-order chi connectivity index (χ1) is 8.22. The molecule has 0 aromatic carbocycles. The van der Waals surface area contributed by atoms with Gasteiger partial charge >= 0.3 is 0 Å². The number of nitrogens with one attached hydrogen (secondary N) is 2. The maximum absolute atomic E-state index is 11.9. The van der Waals surface area contributed by atoms with Gasteiger partial charge in [-0.05, 0) is 39.3 Å². The van der Waals surface area contributed by atoms with Crippen LogP contribution in [0.15, 0.2) is 0 Å². The van der Waals surface area contributed by atoms with Crippen LogP contribution in [0.1, 0.15) is 51.4 Å². The van der Waals surface area contributed by atoms with Gasteiger partial charge < -0.3 is 16.4 Å². The lowest BCUT2D eigenvalue weighted by atomic mass is 9.79. The minimum absolute atomic E-state index is 0.0518. The van der Waals surface area contributed by atoms with Gasteiger partial charge in [-0.2, -0.15) is 0 Å². The molecule has 1 rings (SSSR count). The van der Waals surface area contributed by atoms with Crippen LogP contribution in [0.2, 0.25) is 0 Å². The molecular formula is C13H27N3O. The summed E-state index contributed by atoms with van der Waals surface area (Å²) >= 11 is 0. The fraction of sp³-hybridized carbons (Fsp3) is 0.923. The summed E-state index contributed by atoms with van der Waals surface area (Å²) in [5.74, 6) is 0.179. The van der Waals surface area contributed by atoms with Crippen LogP contribution in [0.4, 0.5) is 0 Å². The fourth-order valence-corrected chi connectivity index (χ4v) is 2.61. The highest BCUT2D eigenvalue weighted by Crippen LogP contribution is 2.30. The van der Waals surface area contributed by atoms with Gasteiger partial charge in [0.25, 0.3) is 0 Å². The Hall–Kier alpha value is -0.610. The minimum atomic E-state index is 0.0518. The lowest BCUT2D eigenvalue weighted by Crippen LogP contribution is -2.48. The zero-order valence-corrected chi connectivity index (χ0v) is 11.1. The Labute approximate surface area is 105 Å². The zero-order chi connectivity index (χ0) is 12.6. The number of hydrogen-bond donors (Lipinski definition) is 3. The molecule has 4 heteroatoms. The second-order valence-corrected chi connectivity index (χ2v) is 5.11. The summed E-state index contributed by atoms with van der Waals surface area (Å²) in [5, 5.41) is 6.36. The van der Waals surface area contributed by atoms with E-state index in [2.05, 4.69) is 10.6 Å². The number of unbranched alkanes of at least 4 members (excludes halogenated alkanes) is 1. The van der Waals surface area contributed by atoms with Crippen molar-refractivity contribution in [2.75, 3.05) is 20.1 Å². The normalized spacial score (nSPS) is 18.9. The van der Waals surface area contributed by atoms with E-state index in [4.69, 9.17) is 5.73 Å². The predicted octanol–water partition coefficient (Wildman–Crippen LogP) is 1.15. The van der Waals surface area contributed by atoms with Gasteiger partial charge in [0.2, 0.25) is 5.91 Å². The molecule has 1 amide bonds. The number of nitrogens with two attached hydrogens (primary N) is 1. The molecule has 1 aliphatic carbocycles. The van der Waals surface area contributed by atoms with Crippen molar-refractivity contribution in [3.8, 4) is 0 Å². The van der Waals surface area contributed by atoms with Crippen molar-refractivity contribution in [1.82, 2.24) is 10.6 Å². The molecule has 0 aliphatic heterocycles. The summed E-state index contributed by atoms with van der Waals surface area (Å²) in [5.41, 5.74) is 5.47. The van der Waals surface area contributed by atoms with Crippen molar-refractivity contribution in [3.05, 3.63) is 0 Å². The number of carbonyl (C=O) groups is 1. The molecule has 0 unspecified atom stereocenters. The first-order valence-corrected chi connectivity index (χ1v) is 6.88. The number of amides is 1. The highest BCUT2D eigenvalue weighted by atomic mass is 16.1. The first-order valence-electron chi connectivity index (χ1n) is 6.88. The molecule has 0 atom stereocenters. The number of hydrogen-bond acceptors (Lipinski definition) is 3. The van der Waals surface area contributed by atoms with Crippen LogP contribution in [0, 0.1) is 0 Å². The van der Waals surface area contributed by atoms with Gasteiger partial charge in [-0.1, -0.05) is 19.3 Å². The van der Waals surface area contributed by atoms with Crippen molar-refractivity contribution in [2.45, 2.75) is 56.9 Å². The van der Waals surface area contributed by atoms with Crippen LogP contribution in [0.25, 0.3) is 0 Å². The molecule has 0 heterocycles. The Balaban J connectivity index is 2.27. The van der Waals surface area contributed by atoms with Crippen LogP contribution in [-0.4, -0.2) is 31.6 Å². The topological polar surface area (TPSA) is 67.2 Å². The van der Waals surface area contributed by atoms with Gasteiger partial charge in [-0.25, -0.2) is 0 Å². The average molecular weight is 241 g/mol. The Kier molecular flexibility index (Phi) is 6.52. The third-order valence-electron chi connectivity index (χ3n) is 3.79. The van der Waals surface area contributed by atoms with Crippen LogP contribution >= 0.6 is 0 Å². The molecule has 0 radical (unpaired) electrons. The molecule has 1 saturated carbocycles. The van der Waals surface area contributed by atoms with Gasteiger partial charge in [0, 0.05) is 18.5 Å². The van der Waals surface area contributed by atoms with Crippen LogP contribution < -0.4 is 16.4 Å². The molecule has 0 spiro atoms. The summed E-state index contributed by atoms with van der Waals surface area (Å²) in [6, 6.07) is 0. The van der Waals surface area contributed by atoms with E-state index in [9.17, 15) is 4.79 Å². The molecule has 0 aromatic heterocycles. The third kappa shape index (κ3) is 5.04. The minimum Gasteiger partial charge on any atom is -0.356 e. The zero-order valence-electron chi connectivity index (χ0n) is 11.1. The SMILES string of the molecule is CNC1(CC(=O)NCCCCN)CCCCC1. The highest BCUT2D eigenvalue weighted by Gasteiger charge is 2.32. The first kappa shape index (κ1) is 14.5. The predicted molar refractivity (Wildman–Crippen MR) is 70.8 cm³/mol. The average Bonchev–Trinajstić information content (AvgIpc) is 2.36. The Bertz CT molecular complexity index is 225. The van der Waals surface area contributed by atoms with E-state index >= 15 is 0 Å². The molecule has 0 saturated heterocycles. The number of rotatable bonds is 7. The van der Waals surface area contributed by atoms with Crippen LogP contribution in [-0.2, 0) is 4.79 Å². The summed E-state index contributed by atoms with van der Waals surface area (Å²) in [6.07, 6.45) is 8.61. The van der Waals surface area contributed by atoms with Gasteiger partial charge in [-0.15, -0.1) is 0 Å². The molecule has 1 aliphatic rings. The molecule has 1 fully saturated rings. The molecule has 4 nitrogen and oxygen atoms in total. The maximum Gasteiger partial charge on any atom is 0.221 e. The standard InChI is InChI=1S/C13H27N3O/c1-15-13(7-3-2-4-8-13)11-12(17)16-10-6-5-9-14/h15H,2-11,14H2,1H3,(H,16,17). The summed E-state index contributed by atoms with van der Waals surface area (Å²) < 4.78 is 0. The lowest BCUT2D eigenvalue weighted by Gasteiger charge is -2.36. The van der Waals surface area contributed by atoms with E-state index in [1.807, 2.05) is 7.05 Å².